The normalized spacial score (nSPS) is 12.5. The van der Waals surface area contributed by atoms with Gasteiger partial charge in [0.05, 0.1) is 5.69 Å². The van der Waals surface area contributed by atoms with Gasteiger partial charge < -0.3 is 16.6 Å². The third-order valence-corrected chi connectivity index (χ3v) is 1.70. The van der Waals surface area contributed by atoms with E-state index in [1.165, 1.54) is 0 Å². The third-order valence-electron chi connectivity index (χ3n) is 1.70. The lowest BCUT2D eigenvalue weighted by Crippen LogP contribution is -2.21. The first kappa shape index (κ1) is 10.4. The summed E-state index contributed by atoms with van der Waals surface area (Å²) in [7, 11) is 0. The van der Waals surface area contributed by atoms with Crippen LogP contribution in [0.4, 0.5) is 14.5 Å². The van der Waals surface area contributed by atoms with Crippen molar-refractivity contribution in [1.29, 1.82) is 0 Å². The molecule has 1 aromatic rings. The van der Waals surface area contributed by atoms with Crippen LogP contribution in [0.5, 0.6) is 0 Å². The van der Waals surface area contributed by atoms with Crippen LogP contribution in [0.3, 0.4) is 0 Å². The minimum atomic E-state index is -1.41. The summed E-state index contributed by atoms with van der Waals surface area (Å²) in [6, 6.07) is 0.300. The summed E-state index contributed by atoms with van der Waals surface area (Å²) in [4.78, 5) is 10.4. The van der Waals surface area contributed by atoms with Gasteiger partial charge in [-0.25, -0.2) is 8.78 Å². The van der Waals surface area contributed by atoms with E-state index in [0.717, 1.165) is 6.07 Å². The number of halogens is 2. The van der Waals surface area contributed by atoms with Gasteiger partial charge in [0, 0.05) is 0 Å². The van der Waals surface area contributed by atoms with Gasteiger partial charge in [-0.15, -0.1) is 0 Å². The topological polar surface area (TPSA) is 89.3 Å². The van der Waals surface area contributed by atoms with E-state index in [9.17, 15) is 13.6 Å². The first-order valence-corrected chi connectivity index (χ1v) is 3.66. The number of carbonyl (C=O) groups is 1. The van der Waals surface area contributed by atoms with Gasteiger partial charge in [-0.1, -0.05) is 0 Å². The Morgan fingerprint density at radius 1 is 1.43 bits per heavy atom. The molecule has 0 bridgehead atoms. The Bertz CT molecular complexity index is 359. The molecule has 0 aliphatic carbocycles. The van der Waals surface area contributed by atoms with Crippen molar-refractivity contribution in [2.75, 3.05) is 5.73 Å². The zero-order valence-electron chi connectivity index (χ0n) is 7.00. The zero-order chi connectivity index (χ0) is 10.9. The number of aliphatic carboxylic acids is 1. The lowest BCUT2D eigenvalue weighted by molar-refractivity contribution is -0.138. The van der Waals surface area contributed by atoms with Crippen LogP contribution in [-0.4, -0.2) is 11.1 Å². The van der Waals surface area contributed by atoms with E-state index in [-0.39, 0.29) is 5.56 Å². The van der Waals surface area contributed by atoms with E-state index in [1.54, 1.807) is 0 Å². The number of hydrogen-bond acceptors (Lipinski definition) is 3. The third kappa shape index (κ3) is 1.80. The Kier molecular flexibility index (Phi) is 2.66. The highest BCUT2D eigenvalue weighted by molar-refractivity contribution is 5.75. The van der Waals surface area contributed by atoms with Gasteiger partial charge in [0.25, 0.3) is 0 Å². The van der Waals surface area contributed by atoms with E-state index in [4.69, 9.17) is 16.6 Å². The largest absolute Gasteiger partial charge is 0.480 e. The number of benzene rings is 1. The van der Waals surface area contributed by atoms with E-state index >= 15 is 0 Å². The predicted octanol–water partition coefficient (Wildman–Crippen LogP) is 0.631. The highest BCUT2D eigenvalue weighted by Gasteiger charge is 2.17. The van der Waals surface area contributed by atoms with Gasteiger partial charge >= 0.3 is 5.97 Å². The quantitative estimate of drug-likeness (QED) is 0.613. The standard InChI is InChI=1S/C8H8F2N2O2/c9-4-1-3(7(12)8(13)14)2-5(11)6(4)10/h1-2,7H,11-12H2,(H,13,14). The highest BCUT2D eigenvalue weighted by atomic mass is 19.2. The van der Waals surface area contributed by atoms with Crippen molar-refractivity contribution in [2.24, 2.45) is 5.73 Å². The summed E-state index contributed by atoms with van der Waals surface area (Å²) in [5, 5.41) is 8.50. The Balaban J connectivity index is 3.19. The number of hydrogen-bond donors (Lipinski definition) is 3. The van der Waals surface area contributed by atoms with Gasteiger partial charge in [-0.3, -0.25) is 4.79 Å². The van der Waals surface area contributed by atoms with Gasteiger partial charge in [-0.05, 0) is 17.7 Å². The number of nitrogens with two attached hydrogens (primary N) is 2. The Morgan fingerprint density at radius 3 is 2.43 bits per heavy atom. The molecule has 0 heterocycles. The molecule has 6 heteroatoms. The molecule has 1 rings (SSSR count). The molecule has 14 heavy (non-hydrogen) atoms. The van der Waals surface area contributed by atoms with Crippen molar-refractivity contribution < 1.29 is 18.7 Å². The summed E-state index contributed by atoms with van der Waals surface area (Å²) in [6.07, 6.45) is 0. The molecule has 0 radical (unpaired) electrons. The monoisotopic (exact) mass is 202 g/mol. The number of nitrogen functional groups attached to an aromatic ring is 1. The van der Waals surface area contributed by atoms with E-state index in [2.05, 4.69) is 0 Å². The molecule has 1 aromatic carbocycles. The van der Waals surface area contributed by atoms with E-state index in [1.807, 2.05) is 0 Å². The Labute approximate surface area is 78.1 Å². The number of carboxylic acid groups (broad SMARTS) is 1. The average Bonchev–Trinajstić information content (AvgIpc) is 2.12. The van der Waals surface area contributed by atoms with Crippen molar-refractivity contribution >= 4 is 11.7 Å². The molecule has 76 valence electrons. The second kappa shape index (κ2) is 3.59. The highest BCUT2D eigenvalue weighted by Crippen LogP contribution is 2.20. The fourth-order valence-corrected chi connectivity index (χ4v) is 0.954. The van der Waals surface area contributed by atoms with E-state index < -0.39 is 29.3 Å². The summed E-state index contributed by atoms with van der Waals surface area (Å²) in [5.74, 6) is -3.75. The van der Waals surface area contributed by atoms with Crippen molar-refractivity contribution in [1.82, 2.24) is 0 Å². The fourth-order valence-electron chi connectivity index (χ4n) is 0.954. The lowest BCUT2D eigenvalue weighted by Gasteiger charge is -2.08. The molecule has 0 amide bonds. The maximum Gasteiger partial charge on any atom is 0.325 e. The van der Waals surface area contributed by atoms with Crippen molar-refractivity contribution in [3.8, 4) is 0 Å². The maximum atomic E-state index is 12.8. The lowest BCUT2D eigenvalue weighted by atomic mass is 10.1. The van der Waals surface area contributed by atoms with Gasteiger partial charge in [0.2, 0.25) is 0 Å². The molecule has 0 spiro atoms. The summed E-state index contributed by atoms with van der Waals surface area (Å²) >= 11 is 0. The second-order valence-electron chi connectivity index (χ2n) is 2.72. The van der Waals surface area contributed by atoms with Crippen molar-refractivity contribution in [3.63, 3.8) is 0 Å². The molecule has 0 aliphatic rings. The SMILES string of the molecule is Nc1cc(C(N)C(=O)O)cc(F)c1F. The van der Waals surface area contributed by atoms with Crippen LogP contribution >= 0.6 is 0 Å². The maximum absolute atomic E-state index is 12.8. The second-order valence-corrected chi connectivity index (χ2v) is 2.72. The Morgan fingerprint density at radius 2 is 2.00 bits per heavy atom. The molecular weight excluding hydrogens is 194 g/mol. The summed E-state index contributed by atoms with van der Waals surface area (Å²) < 4.78 is 25.4. The van der Waals surface area contributed by atoms with Crippen molar-refractivity contribution in [2.45, 2.75) is 6.04 Å². The van der Waals surface area contributed by atoms with Crippen LogP contribution in [0.2, 0.25) is 0 Å². The molecule has 0 aliphatic heterocycles. The molecule has 4 nitrogen and oxygen atoms in total. The molecule has 1 atom stereocenters. The van der Waals surface area contributed by atoms with Gasteiger partial charge in [0.1, 0.15) is 6.04 Å². The van der Waals surface area contributed by atoms with E-state index in [0.29, 0.717) is 6.07 Å². The van der Waals surface area contributed by atoms with Crippen LogP contribution < -0.4 is 11.5 Å². The zero-order valence-corrected chi connectivity index (χ0v) is 7.00. The minimum Gasteiger partial charge on any atom is -0.480 e. The molecule has 1 unspecified atom stereocenters. The smallest absolute Gasteiger partial charge is 0.325 e. The molecule has 0 fully saturated rings. The molecule has 0 saturated heterocycles. The van der Waals surface area contributed by atoms with Gasteiger partial charge in [-0.2, -0.15) is 0 Å². The number of anilines is 1. The summed E-state index contributed by atoms with van der Waals surface area (Å²) in [6.45, 7) is 0. The molecule has 0 aromatic heterocycles. The van der Waals surface area contributed by atoms with Gasteiger partial charge in [0.15, 0.2) is 11.6 Å². The van der Waals surface area contributed by atoms with Crippen LogP contribution in [-0.2, 0) is 4.79 Å². The fraction of sp³-hybridized carbons (Fsp3) is 0.125. The van der Waals surface area contributed by atoms with Crippen LogP contribution in [0.25, 0.3) is 0 Å². The summed E-state index contributed by atoms with van der Waals surface area (Å²) in [5.41, 5.74) is 9.74. The number of carboxylic acids is 1. The minimum absolute atomic E-state index is 0.0751. The first-order chi connectivity index (χ1) is 6.43. The number of rotatable bonds is 2. The first-order valence-electron chi connectivity index (χ1n) is 3.66. The Hall–Kier alpha value is -1.69. The molecular formula is C8H8F2N2O2. The van der Waals surface area contributed by atoms with Crippen LogP contribution in [0.1, 0.15) is 11.6 Å². The van der Waals surface area contributed by atoms with Crippen molar-refractivity contribution in [3.05, 3.63) is 29.3 Å². The molecule has 0 saturated carbocycles. The van der Waals surface area contributed by atoms with Crippen LogP contribution in [0, 0.1) is 11.6 Å². The predicted molar refractivity (Wildman–Crippen MR) is 45.3 cm³/mol. The van der Waals surface area contributed by atoms with Crippen LogP contribution in [0.15, 0.2) is 12.1 Å². The average molecular weight is 202 g/mol. The molecule has 5 N–H and O–H groups in total.